The van der Waals surface area contributed by atoms with E-state index < -0.39 is 0 Å². The summed E-state index contributed by atoms with van der Waals surface area (Å²) in [5.74, 6) is 1.73. The molecule has 2 fully saturated rings. The van der Waals surface area contributed by atoms with E-state index in [1.54, 1.807) is 0 Å². The van der Waals surface area contributed by atoms with Crippen LogP contribution >= 0.6 is 11.3 Å². The van der Waals surface area contributed by atoms with Crippen molar-refractivity contribution in [3.63, 3.8) is 0 Å². The van der Waals surface area contributed by atoms with Crippen LogP contribution in [-0.4, -0.2) is 24.0 Å². The van der Waals surface area contributed by atoms with E-state index in [1.165, 1.54) is 24.9 Å². The first-order valence-corrected chi connectivity index (χ1v) is 8.35. The van der Waals surface area contributed by atoms with Gasteiger partial charge in [0.15, 0.2) is 5.13 Å². The number of nitrogens with zero attached hydrogens (tertiary/aromatic N) is 1. The zero-order valence-corrected chi connectivity index (χ0v) is 12.9. The van der Waals surface area contributed by atoms with Gasteiger partial charge in [-0.2, -0.15) is 0 Å². The molecule has 2 aliphatic rings. The van der Waals surface area contributed by atoms with Crippen LogP contribution in [0.15, 0.2) is 5.38 Å². The maximum atomic E-state index is 12.1. The molecule has 0 aromatic carbocycles. The lowest BCUT2D eigenvalue weighted by atomic mass is 10.0. The topological polar surface area (TPSA) is 68.3 Å². The van der Waals surface area contributed by atoms with Gasteiger partial charge in [-0.05, 0) is 43.9 Å². The van der Waals surface area contributed by atoms with E-state index in [2.05, 4.69) is 15.0 Å². The fourth-order valence-corrected chi connectivity index (χ4v) is 3.88. The number of aryl methyl sites for hydroxylation is 1. The van der Waals surface area contributed by atoms with Gasteiger partial charge in [0.2, 0.25) is 5.91 Å². The molecule has 3 rings (SSSR count). The summed E-state index contributed by atoms with van der Waals surface area (Å²) in [4.78, 5) is 27.6. The van der Waals surface area contributed by atoms with E-state index in [0.717, 1.165) is 43.2 Å². The summed E-state index contributed by atoms with van der Waals surface area (Å²) in [7, 11) is 1.39. The van der Waals surface area contributed by atoms with E-state index in [1.807, 2.05) is 5.38 Å². The van der Waals surface area contributed by atoms with Crippen LogP contribution in [0.25, 0.3) is 0 Å². The highest BCUT2D eigenvalue weighted by molar-refractivity contribution is 7.13. The molecular weight excluding hydrogens is 288 g/mol. The molecule has 5 nitrogen and oxygen atoms in total. The van der Waals surface area contributed by atoms with Crippen molar-refractivity contribution in [3.8, 4) is 0 Å². The van der Waals surface area contributed by atoms with Crippen LogP contribution in [-0.2, 0) is 20.7 Å². The summed E-state index contributed by atoms with van der Waals surface area (Å²) in [5, 5.41) is 5.55. The van der Waals surface area contributed by atoms with Gasteiger partial charge >= 0.3 is 5.97 Å². The number of esters is 1. The number of fused-ring (bicyclic) bond motifs is 1. The lowest BCUT2D eigenvalue weighted by Gasteiger charge is -2.10. The number of thiazole rings is 1. The number of amides is 1. The molecule has 2 unspecified atom stereocenters. The first-order valence-electron chi connectivity index (χ1n) is 7.47. The molecule has 1 N–H and O–H groups in total. The Hall–Kier alpha value is -1.43. The molecule has 0 aliphatic heterocycles. The Kier molecular flexibility index (Phi) is 4.24. The Morgan fingerprint density at radius 1 is 1.38 bits per heavy atom. The third kappa shape index (κ3) is 3.61. The van der Waals surface area contributed by atoms with Crippen molar-refractivity contribution in [2.75, 3.05) is 12.4 Å². The molecule has 1 aromatic rings. The number of hydrogen-bond donors (Lipinski definition) is 1. The Morgan fingerprint density at radius 2 is 2.14 bits per heavy atom. The molecule has 1 heterocycles. The number of carbonyl (C=O) groups is 2. The second kappa shape index (κ2) is 6.13. The van der Waals surface area contributed by atoms with E-state index in [4.69, 9.17) is 0 Å². The summed E-state index contributed by atoms with van der Waals surface area (Å²) in [6.07, 6.45) is 5.28. The van der Waals surface area contributed by atoms with Gasteiger partial charge in [0.05, 0.1) is 12.8 Å². The van der Waals surface area contributed by atoms with Crippen molar-refractivity contribution >= 4 is 28.3 Å². The number of hydrogen-bond acceptors (Lipinski definition) is 5. The van der Waals surface area contributed by atoms with Gasteiger partial charge in [0.1, 0.15) is 0 Å². The van der Waals surface area contributed by atoms with Crippen molar-refractivity contribution in [2.24, 2.45) is 17.8 Å². The zero-order valence-electron chi connectivity index (χ0n) is 12.1. The van der Waals surface area contributed by atoms with E-state index >= 15 is 0 Å². The zero-order chi connectivity index (χ0) is 14.8. The minimum Gasteiger partial charge on any atom is -0.469 e. The average Bonchev–Trinajstić information content (AvgIpc) is 2.88. The smallest absolute Gasteiger partial charge is 0.305 e. The number of methoxy groups -OCH3 is 1. The normalized spacial score (nSPS) is 26.2. The minimum absolute atomic E-state index is 0.123. The number of nitrogens with one attached hydrogen (secondary N) is 1. The predicted octanol–water partition coefficient (Wildman–Crippen LogP) is 2.62. The number of rotatable bonds is 6. The lowest BCUT2D eigenvalue weighted by Crippen LogP contribution is -2.21. The third-order valence-corrected chi connectivity index (χ3v) is 5.24. The molecule has 114 valence electrons. The van der Waals surface area contributed by atoms with Gasteiger partial charge in [-0.3, -0.25) is 9.59 Å². The molecule has 2 atom stereocenters. The van der Waals surface area contributed by atoms with Crippen LogP contribution < -0.4 is 5.32 Å². The second-order valence-corrected chi connectivity index (χ2v) is 6.85. The minimum atomic E-state index is -0.196. The highest BCUT2D eigenvalue weighted by atomic mass is 32.1. The number of aromatic nitrogens is 1. The lowest BCUT2D eigenvalue weighted by molar-refractivity contribution is -0.140. The first kappa shape index (κ1) is 14.5. The Morgan fingerprint density at radius 3 is 2.86 bits per heavy atom. The molecule has 0 bridgehead atoms. The van der Waals surface area contributed by atoms with E-state index in [0.29, 0.717) is 11.6 Å². The van der Waals surface area contributed by atoms with Gasteiger partial charge in [-0.25, -0.2) is 4.98 Å². The van der Waals surface area contributed by atoms with Gasteiger partial charge in [0, 0.05) is 17.7 Å². The van der Waals surface area contributed by atoms with E-state index in [9.17, 15) is 9.59 Å². The summed E-state index contributed by atoms with van der Waals surface area (Å²) in [6.45, 7) is 0. The molecule has 1 aromatic heterocycles. The molecule has 6 heteroatoms. The van der Waals surface area contributed by atoms with Crippen LogP contribution in [0.1, 0.15) is 37.8 Å². The summed E-state index contributed by atoms with van der Waals surface area (Å²) < 4.78 is 4.60. The highest BCUT2D eigenvalue weighted by Gasteiger charge is 2.48. The fourth-order valence-electron chi connectivity index (χ4n) is 3.13. The number of anilines is 1. The van der Waals surface area contributed by atoms with Crippen molar-refractivity contribution in [2.45, 2.75) is 38.5 Å². The van der Waals surface area contributed by atoms with Gasteiger partial charge < -0.3 is 10.1 Å². The molecule has 2 aliphatic carbocycles. The standard InChI is InChI=1S/C15H20N2O3S/c1-20-13(18)4-2-3-12-8-21-15(16-12)17-14(19)11-6-9-5-10(9)7-11/h8-11H,2-7H2,1H3,(H,16,17,19). The van der Waals surface area contributed by atoms with Crippen LogP contribution in [0.2, 0.25) is 0 Å². The van der Waals surface area contributed by atoms with Crippen LogP contribution in [0.3, 0.4) is 0 Å². The predicted molar refractivity (Wildman–Crippen MR) is 80.0 cm³/mol. The molecular formula is C15H20N2O3S. The first-order chi connectivity index (χ1) is 10.2. The molecule has 0 spiro atoms. The van der Waals surface area contributed by atoms with Crippen LogP contribution in [0, 0.1) is 17.8 Å². The monoisotopic (exact) mass is 308 g/mol. The Bertz CT molecular complexity index is 533. The van der Waals surface area contributed by atoms with Crippen molar-refractivity contribution < 1.29 is 14.3 Å². The second-order valence-electron chi connectivity index (χ2n) is 5.99. The van der Waals surface area contributed by atoms with Crippen LogP contribution in [0.4, 0.5) is 5.13 Å². The van der Waals surface area contributed by atoms with Crippen LogP contribution in [0.5, 0.6) is 0 Å². The van der Waals surface area contributed by atoms with Crippen molar-refractivity contribution in [1.82, 2.24) is 4.98 Å². The summed E-state index contributed by atoms with van der Waals surface area (Å²) in [6, 6.07) is 0. The average molecular weight is 308 g/mol. The number of carbonyl (C=O) groups excluding carboxylic acids is 2. The fraction of sp³-hybridized carbons (Fsp3) is 0.667. The molecule has 1 amide bonds. The molecule has 21 heavy (non-hydrogen) atoms. The van der Waals surface area contributed by atoms with Crippen molar-refractivity contribution in [3.05, 3.63) is 11.1 Å². The Labute approximate surface area is 128 Å². The molecule has 0 saturated heterocycles. The highest BCUT2D eigenvalue weighted by Crippen LogP contribution is 2.54. The third-order valence-electron chi connectivity index (χ3n) is 4.44. The van der Waals surface area contributed by atoms with Gasteiger partial charge in [-0.15, -0.1) is 11.3 Å². The molecule has 2 saturated carbocycles. The van der Waals surface area contributed by atoms with Crippen molar-refractivity contribution in [1.29, 1.82) is 0 Å². The summed E-state index contributed by atoms with van der Waals surface area (Å²) >= 11 is 1.45. The largest absolute Gasteiger partial charge is 0.469 e. The SMILES string of the molecule is COC(=O)CCCc1csc(NC(=O)C2CC3CC3C2)n1. The quantitative estimate of drug-likeness (QED) is 0.820. The maximum absolute atomic E-state index is 12.1. The maximum Gasteiger partial charge on any atom is 0.305 e. The Balaban J connectivity index is 1.44. The molecule has 0 radical (unpaired) electrons. The van der Waals surface area contributed by atoms with E-state index in [-0.39, 0.29) is 17.8 Å². The number of ether oxygens (including phenoxy) is 1. The van der Waals surface area contributed by atoms with Gasteiger partial charge in [0.25, 0.3) is 0 Å². The van der Waals surface area contributed by atoms with Gasteiger partial charge in [-0.1, -0.05) is 0 Å². The summed E-state index contributed by atoms with van der Waals surface area (Å²) in [5.41, 5.74) is 0.925.